The third-order valence-electron chi connectivity index (χ3n) is 4.72. The minimum Gasteiger partial charge on any atom is -0.491 e. The summed E-state index contributed by atoms with van der Waals surface area (Å²) in [7, 11) is 0. The highest BCUT2D eigenvalue weighted by Crippen LogP contribution is 2.28. The fourth-order valence-corrected chi connectivity index (χ4v) is 3.43. The molecule has 1 aliphatic rings. The Morgan fingerprint density at radius 1 is 1.11 bits per heavy atom. The number of anilines is 1. The molecule has 4 rings (SSSR count). The first-order chi connectivity index (χ1) is 13.1. The number of nitrogens with zero attached hydrogens (tertiary/aromatic N) is 3. The molecule has 1 fully saturated rings. The first-order valence-electron chi connectivity index (χ1n) is 9.44. The molecule has 1 saturated heterocycles. The van der Waals surface area contributed by atoms with Crippen LogP contribution in [-0.4, -0.2) is 46.7 Å². The van der Waals surface area contributed by atoms with Crippen molar-refractivity contribution in [3.8, 4) is 17.0 Å². The highest BCUT2D eigenvalue weighted by Gasteiger charge is 2.19. The molecule has 0 saturated carbocycles. The molecule has 6 nitrogen and oxygen atoms in total. The molecule has 0 aliphatic carbocycles. The summed E-state index contributed by atoms with van der Waals surface area (Å²) in [6.45, 7) is 8.27. The van der Waals surface area contributed by atoms with E-state index < -0.39 is 0 Å². The lowest BCUT2D eigenvalue weighted by atomic mass is 10.1. The second kappa shape index (κ2) is 7.58. The zero-order chi connectivity index (χ0) is 18.8. The lowest BCUT2D eigenvalue weighted by Gasteiger charge is -2.26. The van der Waals surface area contributed by atoms with Crippen LogP contribution in [0.15, 0.2) is 42.6 Å². The van der Waals surface area contributed by atoms with Gasteiger partial charge in [-0.1, -0.05) is 0 Å². The third kappa shape index (κ3) is 3.91. The second-order valence-corrected chi connectivity index (χ2v) is 7.18. The average molecular weight is 366 g/mol. The average Bonchev–Trinajstić information content (AvgIpc) is 3.00. The molecule has 2 N–H and O–H groups in total. The first kappa shape index (κ1) is 17.8. The maximum absolute atomic E-state index is 6.04. The molecular formula is C21H26N4O2. The number of benzene rings is 1. The first-order valence-corrected chi connectivity index (χ1v) is 9.44. The predicted molar refractivity (Wildman–Crippen MR) is 107 cm³/mol. The summed E-state index contributed by atoms with van der Waals surface area (Å²) >= 11 is 0. The maximum Gasteiger partial charge on any atom is 0.137 e. The summed E-state index contributed by atoms with van der Waals surface area (Å²) in [4.78, 5) is 7.29. The molecule has 3 aromatic rings. The smallest absolute Gasteiger partial charge is 0.137 e. The normalized spacial score (nSPS) is 15.5. The van der Waals surface area contributed by atoms with E-state index in [4.69, 9.17) is 20.2 Å². The van der Waals surface area contributed by atoms with Crippen LogP contribution >= 0.6 is 0 Å². The van der Waals surface area contributed by atoms with Crippen molar-refractivity contribution in [1.29, 1.82) is 0 Å². The Morgan fingerprint density at radius 3 is 2.56 bits per heavy atom. The summed E-state index contributed by atoms with van der Waals surface area (Å²) in [5.41, 5.74) is 10.9. The maximum atomic E-state index is 6.04. The van der Waals surface area contributed by atoms with E-state index in [1.54, 1.807) is 0 Å². The number of nitrogen functional groups attached to an aromatic ring is 1. The van der Waals surface area contributed by atoms with E-state index >= 15 is 0 Å². The number of hydrogen-bond donors (Lipinski definition) is 1. The molecule has 0 amide bonds. The molecule has 6 heteroatoms. The zero-order valence-corrected chi connectivity index (χ0v) is 15.9. The Balaban J connectivity index is 1.73. The minimum atomic E-state index is 0.158. The number of pyridine rings is 1. The minimum absolute atomic E-state index is 0.158. The summed E-state index contributed by atoms with van der Waals surface area (Å²) in [6, 6.07) is 12.0. The van der Waals surface area contributed by atoms with Crippen LogP contribution in [0.3, 0.4) is 0 Å². The van der Waals surface area contributed by atoms with Gasteiger partial charge < -0.3 is 19.6 Å². The van der Waals surface area contributed by atoms with Gasteiger partial charge in [0, 0.05) is 37.1 Å². The molecule has 0 spiro atoms. The van der Waals surface area contributed by atoms with Gasteiger partial charge in [0.1, 0.15) is 11.4 Å². The summed E-state index contributed by atoms with van der Waals surface area (Å²) in [5, 5.41) is 0. The van der Waals surface area contributed by atoms with Crippen LogP contribution in [0.4, 0.5) is 5.69 Å². The lowest BCUT2D eigenvalue weighted by molar-refractivity contribution is 0.0336. The van der Waals surface area contributed by atoms with Crippen molar-refractivity contribution in [2.45, 2.75) is 26.5 Å². The van der Waals surface area contributed by atoms with Gasteiger partial charge in [-0.2, -0.15) is 0 Å². The Bertz CT molecular complexity index is 912. The number of ether oxygens (including phenoxy) is 2. The van der Waals surface area contributed by atoms with Gasteiger partial charge in [0.05, 0.1) is 30.7 Å². The van der Waals surface area contributed by atoms with Crippen LogP contribution in [0.25, 0.3) is 16.9 Å². The molecule has 1 aromatic carbocycles. The number of aromatic nitrogens is 2. The summed E-state index contributed by atoms with van der Waals surface area (Å²) in [6.07, 6.45) is 2.11. The Morgan fingerprint density at radius 2 is 1.85 bits per heavy atom. The van der Waals surface area contributed by atoms with Gasteiger partial charge in [-0.15, -0.1) is 0 Å². The van der Waals surface area contributed by atoms with Gasteiger partial charge in [0.25, 0.3) is 0 Å². The number of morpholine rings is 1. The van der Waals surface area contributed by atoms with Crippen molar-refractivity contribution < 1.29 is 9.47 Å². The van der Waals surface area contributed by atoms with Crippen molar-refractivity contribution >= 4 is 11.3 Å². The lowest BCUT2D eigenvalue weighted by Crippen LogP contribution is -2.36. The monoisotopic (exact) mass is 366 g/mol. The van der Waals surface area contributed by atoms with Crippen molar-refractivity contribution in [3.05, 3.63) is 48.3 Å². The van der Waals surface area contributed by atoms with E-state index in [9.17, 15) is 0 Å². The van der Waals surface area contributed by atoms with Crippen LogP contribution < -0.4 is 10.5 Å². The summed E-state index contributed by atoms with van der Waals surface area (Å²) < 4.78 is 13.4. The molecule has 142 valence electrons. The number of hydrogen-bond acceptors (Lipinski definition) is 5. The fourth-order valence-electron chi connectivity index (χ4n) is 3.43. The topological polar surface area (TPSA) is 65.0 Å². The Kier molecular flexibility index (Phi) is 5.01. The van der Waals surface area contributed by atoms with Gasteiger partial charge in [0.15, 0.2) is 0 Å². The molecule has 1 aliphatic heterocycles. The number of nitrogens with two attached hydrogens (primary N) is 1. The van der Waals surface area contributed by atoms with E-state index in [2.05, 4.69) is 21.4 Å². The molecule has 3 heterocycles. The molecule has 0 atom stereocenters. The van der Waals surface area contributed by atoms with Crippen LogP contribution in [0.2, 0.25) is 0 Å². The fraction of sp³-hybridized carbons (Fsp3) is 0.381. The van der Waals surface area contributed by atoms with Gasteiger partial charge >= 0.3 is 0 Å². The van der Waals surface area contributed by atoms with E-state index in [1.807, 2.05) is 44.3 Å². The van der Waals surface area contributed by atoms with Crippen LogP contribution in [0.1, 0.15) is 19.5 Å². The van der Waals surface area contributed by atoms with Gasteiger partial charge in [-0.05, 0) is 50.2 Å². The van der Waals surface area contributed by atoms with Crippen molar-refractivity contribution in [2.75, 3.05) is 32.0 Å². The standard InChI is InChI=1S/C21H26N4O2/c1-15(2)27-18-6-3-16(4-7-18)21-19(14-24-9-11-26-12-10-24)25-13-17(22)5-8-20(25)23-21/h3-8,13,15H,9-12,14,22H2,1-2H3. The van der Waals surface area contributed by atoms with Crippen molar-refractivity contribution in [3.63, 3.8) is 0 Å². The number of fused-ring (bicyclic) bond motifs is 1. The zero-order valence-electron chi connectivity index (χ0n) is 15.9. The van der Waals surface area contributed by atoms with Crippen molar-refractivity contribution in [1.82, 2.24) is 14.3 Å². The van der Waals surface area contributed by atoms with E-state index in [0.717, 1.165) is 66.9 Å². The highest BCUT2D eigenvalue weighted by atomic mass is 16.5. The molecular weight excluding hydrogens is 340 g/mol. The van der Waals surface area contributed by atoms with Gasteiger partial charge in [0.2, 0.25) is 0 Å². The quantitative estimate of drug-likeness (QED) is 0.751. The Hall–Kier alpha value is -2.57. The molecule has 2 aromatic heterocycles. The largest absolute Gasteiger partial charge is 0.491 e. The molecule has 0 bridgehead atoms. The third-order valence-corrected chi connectivity index (χ3v) is 4.72. The van der Waals surface area contributed by atoms with Crippen LogP contribution in [0, 0.1) is 0 Å². The highest BCUT2D eigenvalue weighted by molar-refractivity contribution is 5.68. The number of rotatable bonds is 5. The van der Waals surface area contributed by atoms with Gasteiger partial charge in [-0.25, -0.2) is 4.98 Å². The predicted octanol–water partition coefficient (Wildman–Crippen LogP) is 3.20. The number of imidazole rings is 1. The molecule has 0 radical (unpaired) electrons. The SMILES string of the molecule is CC(C)Oc1ccc(-c2nc3ccc(N)cn3c2CN2CCOCC2)cc1. The molecule has 27 heavy (non-hydrogen) atoms. The van der Waals surface area contributed by atoms with Crippen LogP contribution in [0.5, 0.6) is 5.75 Å². The van der Waals surface area contributed by atoms with E-state index in [0.29, 0.717) is 0 Å². The second-order valence-electron chi connectivity index (χ2n) is 7.18. The molecule has 0 unspecified atom stereocenters. The van der Waals surface area contributed by atoms with E-state index in [1.165, 1.54) is 0 Å². The van der Waals surface area contributed by atoms with Crippen LogP contribution in [-0.2, 0) is 11.3 Å². The Labute approximate surface area is 159 Å². The van der Waals surface area contributed by atoms with Gasteiger partial charge in [-0.3, -0.25) is 4.90 Å². The van der Waals surface area contributed by atoms with Crippen molar-refractivity contribution in [2.24, 2.45) is 0 Å². The van der Waals surface area contributed by atoms with E-state index in [-0.39, 0.29) is 6.10 Å². The summed E-state index contributed by atoms with van der Waals surface area (Å²) in [5.74, 6) is 0.872.